The van der Waals surface area contributed by atoms with Gasteiger partial charge in [-0.3, -0.25) is 4.79 Å². The van der Waals surface area contributed by atoms with Gasteiger partial charge in [0.05, 0.1) is 12.2 Å². The molecule has 1 amide bonds. The number of halogens is 8. The van der Waals surface area contributed by atoms with Gasteiger partial charge in [0.15, 0.2) is 17.3 Å². The molecule has 2 aliphatic rings. The summed E-state index contributed by atoms with van der Waals surface area (Å²) in [7, 11) is 0. The van der Waals surface area contributed by atoms with E-state index in [9.17, 15) is 39.9 Å². The summed E-state index contributed by atoms with van der Waals surface area (Å²) in [5.41, 5.74) is 4.57. The number of carbonyl (C=O) groups is 1. The first kappa shape index (κ1) is 24.3. The van der Waals surface area contributed by atoms with Crippen molar-refractivity contribution in [2.45, 2.75) is 56.5 Å². The first-order valence-corrected chi connectivity index (χ1v) is 10.3. The van der Waals surface area contributed by atoms with Gasteiger partial charge in [0.25, 0.3) is 0 Å². The van der Waals surface area contributed by atoms with E-state index < -0.39 is 71.2 Å². The Hall–Kier alpha value is -2.83. The van der Waals surface area contributed by atoms with Crippen molar-refractivity contribution in [3.05, 3.63) is 57.7 Å². The van der Waals surface area contributed by atoms with Gasteiger partial charge in [-0.2, -0.15) is 26.3 Å². The molecule has 1 aromatic carbocycles. The fourth-order valence-corrected chi connectivity index (χ4v) is 4.55. The second-order valence-electron chi connectivity index (χ2n) is 8.36. The summed E-state index contributed by atoms with van der Waals surface area (Å²) in [6, 6.07) is 1.32. The van der Waals surface area contributed by atoms with Crippen molar-refractivity contribution in [3.63, 3.8) is 0 Å². The third kappa shape index (κ3) is 4.57. The molecule has 2 unspecified atom stereocenters. The van der Waals surface area contributed by atoms with Crippen LogP contribution in [-0.2, 0) is 36.5 Å². The van der Waals surface area contributed by atoms with E-state index >= 15 is 0 Å². The molecule has 0 bridgehead atoms. The minimum Gasteiger partial charge on any atom is -0.336 e. The van der Waals surface area contributed by atoms with Gasteiger partial charge in [-0.05, 0) is 42.5 Å². The van der Waals surface area contributed by atoms with Gasteiger partial charge >= 0.3 is 12.4 Å². The van der Waals surface area contributed by atoms with Crippen molar-refractivity contribution in [2.24, 2.45) is 5.73 Å². The lowest BCUT2D eigenvalue weighted by Crippen LogP contribution is -2.42. The van der Waals surface area contributed by atoms with Crippen LogP contribution in [0.5, 0.6) is 0 Å². The van der Waals surface area contributed by atoms with Gasteiger partial charge in [0.1, 0.15) is 0 Å². The molecule has 4 rings (SSSR count). The zero-order valence-electron chi connectivity index (χ0n) is 17.4. The number of benzene rings is 1. The Bertz CT molecular complexity index is 1130. The predicted octanol–water partition coefficient (Wildman–Crippen LogP) is 4.12. The van der Waals surface area contributed by atoms with Crippen LogP contribution >= 0.6 is 0 Å². The van der Waals surface area contributed by atoms with Crippen LogP contribution in [0.4, 0.5) is 35.1 Å². The van der Waals surface area contributed by atoms with Crippen molar-refractivity contribution in [3.8, 4) is 0 Å². The molecular formula is C21H18F8N4O. The summed E-state index contributed by atoms with van der Waals surface area (Å²) in [5.74, 6) is -5.00. The first-order chi connectivity index (χ1) is 15.8. The van der Waals surface area contributed by atoms with Crippen molar-refractivity contribution < 1.29 is 39.9 Å². The number of fused-ring (bicyclic) bond motifs is 2. The van der Waals surface area contributed by atoms with Gasteiger partial charge in [0.2, 0.25) is 11.7 Å². The Labute approximate surface area is 188 Å². The SMILES string of the molecule is NC(CC(=O)N1CCc2c(nc(C(F)(F)F)nc2C(F)(F)F)C1)C1CCc2cc(F)c(F)cc21. The molecule has 1 aliphatic heterocycles. The lowest BCUT2D eigenvalue weighted by Gasteiger charge is -2.31. The number of nitrogens with two attached hydrogens (primary N) is 1. The number of hydrogen-bond donors (Lipinski definition) is 1. The van der Waals surface area contributed by atoms with Crippen molar-refractivity contribution in [1.29, 1.82) is 0 Å². The first-order valence-electron chi connectivity index (χ1n) is 10.3. The maximum Gasteiger partial charge on any atom is 0.451 e. The van der Waals surface area contributed by atoms with Crippen LogP contribution in [0, 0.1) is 11.6 Å². The highest BCUT2D eigenvalue weighted by molar-refractivity contribution is 5.77. The van der Waals surface area contributed by atoms with E-state index in [1.807, 2.05) is 0 Å². The molecule has 2 N–H and O–H groups in total. The second-order valence-corrected chi connectivity index (χ2v) is 8.36. The Morgan fingerprint density at radius 2 is 1.74 bits per heavy atom. The largest absolute Gasteiger partial charge is 0.451 e. The number of amides is 1. The zero-order chi connectivity index (χ0) is 25.0. The molecule has 1 aliphatic carbocycles. The average molecular weight is 494 g/mol. The highest BCUT2D eigenvalue weighted by Gasteiger charge is 2.44. The molecule has 13 heteroatoms. The van der Waals surface area contributed by atoms with E-state index in [2.05, 4.69) is 9.97 Å². The molecular weight excluding hydrogens is 476 g/mol. The molecule has 184 valence electrons. The summed E-state index contributed by atoms with van der Waals surface area (Å²) >= 11 is 0. The smallest absolute Gasteiger partial charge is 0.336 e. The van der Waals surface area contributed by atoms with Crippen LogP contribution in [0.3, 0.4) is 0 Å². The fraction of sp³-hybridized carbons (Fsp3) is 0.476. The Balaban J connectivity index is 1.53. The number of carbonyl (C=O) groups excluding carboxylic acids is 1. The molecule has 5 nitrogen and oxygen atoms in total. The number of aryl methyl sites for hydroxylation is 1. The molecule has 34 heavy (non-hydrogen) atoms. The monoisotopic (exact) mass is 494 g/mol. The lowest BCUT2D eigenvalue weighted by atomic mass is 9.91. The van der Waals surface area contributed by atoms with E-state index in [4.69, 9.17) is 5.73 Å². The van der Waals surface area contributed by atoms with Crippen LogP contribution in [0.1, 0.15) is 52.7 Å². The fourth-order valence-electron chi connectivity index (χ4n) is 4.55. The number of nitrogens with zero attached hydrogens (tertiary/aromatic N) is 3. The van der Waals surface area contributed by atoms with Crippen molar-refractivity contribution in [1.82, 2.24) is 14.9 Å². The molecule has 0 radical (unpaired) electrons. The standard InChI is InChI=1S/C21H18F8N4O/c22-13-5-9-1-2-10(12(9)6-14(13)23)15(30)7-17(34)33-4-3-11-16(8-33)31-19(21(27,28)29)32-18(11)20(24,25)26/h5-6,10,15H,1-4,7-8,30H2. The Morgan fingerprint density at radius 1 is 1.06 bits per heavy atom. The van der Waals surface area contributed by atoms with Crippen LogP contribution < -0.4 is 5.73 Å². The maximum absolute atomic E-state index is 13.7. The Kier molecular flexibility index (Phi) is 6.03. The van der Waals surface area contributed by atoms with Gasteiger partial charge in [-0.1, -0.05) is 0 Å². The van der Waals surface area contributed by atoms with E-state index in [1.54, 1.807) is 0 Å². The van der Waals surface area contributed by atoms with E-state index in [0.29, 0.717) is 24.0 Å². The molecule has 2 atom stereocenters. The molecule has 0 spiro atoms. The highest BCUT2D eigenvalue weighted by Crippen LogP contribution is 2.39. The predicted molar refractivity (Wildman–Crippen MR) is 101 cm³/mol. The minimum absolute atomic E-state index is 0.183. The van der Waals surface area contributed by atoms with Gasteiger partial charge in [-0.25, -0.2) is 18.7 Å². The molecule has 2 heterocycles. The Morgan fingerprint density at radius 3 is 2.38 bits per heavy atom. The molecule has 0 fully saturated rings. The summed E-state index contributed by atoms with van der Waals surface area (Å²) in [5, 5.41) is 0. The molecule has 0 saturated heterocycles. The third-order valence-electron chi connectivity index (χ3n) is 6.17. The van der Waals surface area contributed by atoms with Gasteiger partial charge < -0.3 is 10.6 Å². The van der Waals surface area contributed by atoms with Crippen molar-refractivity contribution >= 4 is 5.91 Å². The maximum atomic E-state index is 13.7. The lowest BCUT2D eigenvalue weighted by molar-refractivity contribution is -0.153. The van der Waals surface area contributed by atoms with Crippen LogP contribution in [-0.4, -0.2) is 33.4 Å². The van der Waals surface area contributed by atoms with Gasteiger partial charge in [0, 0.05) is 30.5 Å². The normalized spacial score (nSPS) is 19.1. The van der Waals surface area contributed by atoms with E-state index in [0.717, 1.165) is 17.0 Å². The number of rotatable bonds is 3. The summed E-state index contributed by atoms with van der Waals surface area (Å²) in [6.45, 7) is -0.742. The average Bonchev–Trinajstić information content (AvgIpc) is 3.14. The number of alkyl halides is 6. The summed E-state index contributed by atoms with van der Waals surface area (Å²) in [4.78, 5) is 19.8. The molecule has 0 saturated carbocycles. The van der Waals surface area contributed by atoms with Gasteiger partial charge in [-0.15, -0.1) is 0 Å². The quantitative estimate of drug-likeness (QED) is 0.652. The third-order valence-corrected chi connectivity index (χ3v) is 6.17. The molecule has 2 aromatic rings. The van der Waals surface area contributed by atoms with Crippen molar-refractivity contribution in [2.75, 3.05) is 6.54 Å². The van der Waals surface area contributed by atoms with E-state index in [-0.39, 0.29) is 19.4 Å². The number of hydrogen-bond acceptors (Lipinski definition) is 4. The molecule has 1 aromatic heterocycles. The minimum atomic E-state index is -5.20. The van der Waals surface area contributed by atoms with Crippen LogP contribution in [0.15, 0.2) is 12.1 Å². The summed E-state index contributed by atoms with van der Waals surface area (Å²) in [6.07, 6.45) is -10.1. The van der Waals surface area contributed by atoms with E-state index in [1.165, 1.54) is 0 Å². The second kappa shape index (κ2) is 8.43. The highest BCUT2D eigenvalue weighted by atomic mass is 19.4. The number of aromatic nitrogens is 2. The topological polar surface area (TPSA) is 72.1 Å². The van der Waals surface area contributed by atoms with Crippen LogP contribution in [0.2, 0.25) is 0 Å². The zero-order valence-corrected chi connectivity index (χ0v) is 17.4. The summed E-state index contributed by atoms with van der Waals surface area (Å²) < 4.78 is 106. The van der Waals surface area contributed by atoms with Crippen LogP contribution in [0.25, 0.3) is 0 Å².